The van der Waals surface area contributed by atoms with Crippen molar-refractivity contribution in [3.05, 3.63) is 58.6 Å². The van der Waals surface area contributed by atoms with Crippen LogP contribution in [0, 0.1) is 0 Å². The van der Waals surface area contributed by atoms with Crippen LogP contribution < -0.4 is 9.62 Å². The molecule has 2 aromatic rings. The third kappa shape index (κ3) is 3.33. The van der Waals surface area contributed by atoms with Crippen LogP contribution >= 0.6 is 11.6 Å². The fourth-order valence-corrected chi connectivity index (χ4v) is 3.68. The Hall–Kier alpha value is -2.05. The monoisotopic (exact) mass is 350 g/mol. The number of fused-ring (bicyclic) bond motifs is 1. The zero-order valence-electron chi connectivity index (χ0n) is 12.4. The van der Waals surface area contributed by atoms with Gasteiger partial charge in [-0.15, -0.1) is 0 Å². The Morgan fingerprint density at radius 2 is 1.87 bits per heavy atom. The van der Waals surface area contributed by atoms with Crippen molar-refractivity contribution in [2.24, 2.45) is 0 Å². The zero-order valence-corrected chi connectivity index (χ0v) is 14.0. The van der Waals surface area contributed by atoms with Crippen molar-refractivity contribution in [3.8, 4) is 0 Å². The largest absolute Gasteiger partial charge is 0.322 e. The maximum Gasteiger partial charge on any atom is 0.255 e. The highest BCUT2D eigenvalue weighted by molar-refractivity contribution is 7.92. The summed E-state index contributed by atoms with van der Waals surface area (Å²) in [6.45, 7) is 0.433. The Morgan fingerprint density at radius 1 is 1.17 bits per heavy atom. The molecule has 0 bridgehead atoms. The number of benzene rings is 2. The number of sulfonamides is 1. The summed E-state index contributed by atoms with van der Waals surface area (Å²) >= 11 is 5.81. The summed E-state index contributed by atoms with van der Waals surface area (Å²) in [7, 11) is -3.27. The number of hydrogen-bond donors (Lipinski definition) is 1. The minimum Gasteiger partial charge on any atom is -0.322 e. The first-order valence-electron chi connectivity index (χ1n) is 7.02. The standard InChI is InChI=1S/C16H15ClN2O3S/c1-23(21,22)19-9-8-12-10-14(6-7-15(12)19)18-16(20)11-2-4-13(17)5-3-11/h2-7,10H,8-9H2,1H3,(H,18,20). The average molecular weight is 351 g/mol. The second-order valence-electron chi connectivity index (χ2n) is 5.39. The minimum atomic E-state index is -3.27. The fraction of sp³-hybridized carbons (Fsp3) is 0.188. The Kier molecular flexibility index (Phi) is 4.04. The van der Waals surface area contributed by atoms with E-state index < -0.39 is 10.0 Å². The first-order chi connectivity index (χ1) is 10.8. The van der Waals surface area contributed by atoms with Gasteiger partial charge in [0.1, 0.15) is 0 Å². The molecule has 3 rings (SSSR count). The first kappa shape index (κ1) is 15.8. The summed E-state index contributed by atoms with van der Waals surface area (Å²) in [5.74, 6) is -0.236. The molecule has 1 amide bonds. The summed E-state index contributed by atoms with van der Waals surface area (Å²) in [6.07, 6.45) is 1.82. The Balaban J connectivity index is 1.81. The molecule has 7 heteroatoms. The van der Waals surface area contributed by atoms with Crippen LogP contribution in [0.15, 0.2) is 42.5 Å². The second kappa shape index (κ2) is 5.86. The summed E-state index contributed by atoms with van der Waals surface area (Å²) in [5.41, 5.74) is 2.73. The molecule has 5 nitrogen and oxygen atoms in total. The predicted molar refractivity (Wildman–Crippen MR) is 91.7 cm³/mol. The van der Waals surface area contributed by atoms with Gasteiger partial charge in [-0.2, -0.15) is 0 Å². The third-order valence-corrected chi connectivity index (χ3v) is 5.13. The molecule has 0 saturated heterocycles. The molecule has 0 atom stereocenters. The maximum absolute atomic E-state index is 12.2. The van der Waals surface area contributed by atoms with Crippen LogP contribution in [0.2, 0.25) is 5.02 Å². The Morgan fingerprint density at radius 3 is 2.52 bits per heavy atom. The van der Waals surface area contributed by atoms with Crippen LogP contribution in [0.5, 0.6) is 0 Å². The summed E-state index contributed by atoms with van der Waals surface area (Å²) in [6, 6.07) is 11.9. The predicted octanol–water partition coefficient (Wildman–Crippen LogP) is 2.91. The quantitative estimate of drug-likeness (QED) is 0.925. The van der Waals surface area contributed by atoms with E-state index in [2.05, 4.69) is 5.32 Å². The highest BCUT2D eigenvalue weighted by Crippen LogP contribution is 2.32. The molecule has 0 aromatic heterocycles. The van der Waals surface area contributed by atoms with Crippen LogP contribution in [-0.4, -0.2) is 27.1 Å². The van der Waals surface area contributed by atoms with Crippen molar-refractivity contribution in [2.45, 2.75) is 6.42 Å². The van der Waals surface area contributed by atoms with Gasteiger partial charge in [-0.05, 0) is 54.4 Å². The van der Waals surface area contributed by atoms with E-state index in [9.17, 15) is 13.2 Å². The summed E-state index contributed by atoms with van der Waals surface area (Å²) < 4.78 is 24.8. The van der Waals surface area contributed by atoms with E-state index in [-0.39, 0.29) is 5.91 Å². The zero-order chi connectivity index (χ0) is 16.6. The number of anilines is 2. The molecule has 2 aromatic carbocycles. The number of rotatable bonds is 3. The van der Waals surface area contributed by atoms with E-state index in [0.29, 0.717) is 34.9 Å². The van der Waals surface area contributed by atoms with Gasteiger partial charge in [0.25, 0.3) is 5.91 Å². The summed E-state index contributed by atoms with van der Waals surface area (Å²) in [5, 5.41) is 3.38. The van der Waals surface area contributed by atoms with Crippen molar-refractivity contribution in [2.75, 3.05) is 22.4 Å². The molecule has 0 fully saturated rings. The molecule has 0 spiro atoms. The van der Waals surface area contributed by atoms with Crippen molar-refractivity contribution < 1.29 is 13.2 Å². The second-order valence-corrected chi connectivity index (χ2v) is 7.73. The van der Waals surface area contributed by atoms with Gasteiger partial charge in [0, 0.05) is 22.8 Å². The highest BCUT2D eigenvalue weighted by atomic mass is 35.5. The average Bonchev–Trinajstić information content (AvgIpc) is 2.91. The molecule has 1 heterocycles. The van der Waals surface area contributed by atoms with Gasteiger partial charge in [-0.25, -0.2) is 8.42 Å². The van der Waals surface area contributed by atoms with Crippen molar-refractivity contribution in [3.63, 3.8) is 0 Å². The highest BCUT2D eigenvalue weighted by Gasteiger charge is 2.26. The van der Waals surface area contributed by atoms with Crippen LogP contribution in [0.3, 0.4) is 0 Å². The molecule has 0 aliphatic carbocycles. The normalized spacial score (nSPS) is 13.7. The summed E-state index contributed by atoms with van der Waals surface area (Å²) in [4.78, 5) is 12.2. The fourth-order valence-electron chi connectivity index (χ4n) is 2.60. The molecule has 0 saturated carbocycles. The van der Waals surface area contributed by atoms with Crippen molar-refractivity contribution in [1.29, 1.82) is 0 Å². The number of nitrogens with one attached hydrogen (secondary N) is 1. The Labute approximate surface area is 139 Å². The lowest BCUT2D eigenvalue weighted by Gasteiger charge is -2.16. The van der Waals surface area contributed by atoms with E-state index in [0.717, 1.165) is 5.56 Å². The maximum atomic E-state index is 12.2. The molecule has 1 aliphatic rings. The van der Waals surface area contributed by atoms with E-state index in [1.165, 1.54) is 10.6 Å². The van der Waals surface area contributed by atoms with E-state index in [1.807, 2.05) is 6.07 Å². The van der Waals surface area contributed by atoms with Gasteiger partial charge < -0.3 is 5.32 Å². The molecule has 1 N–H and O–H groups in total. The van der Waals surface area contributed by atoms with Gasteiger partial charge in [-0.3, -0.25) is 9.10 Å². The molecule has 1 aliphatic heterocycles. The Bertz CT molecular complexity index is 863. The van der Waals surface area contributed by atoms with Gasteiger partial charge in [-0.1, -0.05) is 11.6 Å². The van der Waals surface area contributed by atoms with Crippen LogP contribution in [0.1, 0.15) is 15.9 Å². The van der Waals surface area contributed by atoms with Crippen LogP contribution in [0.25, 0.3) is 0 Å². The van der Waals surface area contributed by atoms with E-state index in [4.69, 9.17) is 11.6 Å². The van der Waals surface area contributed by atoms with Gasteiger partial charge in [0.2, 0.25) is 10.0 Å². The number of hydrogen-bond acceptors (Lipinski definition) is 3. The number of nitrogens with zero attached hydrogens (tertiary/aromatic N) is 1. The van der Waals surface area contributed by atoms with Crippen molar-refractivity contribution in [1.82, 2.24) is 0 Å². The minimum absolute atomic E-state index is 0.236. The molecule has 0 radical (unpaired) electrons. The lowest BCUT2D eigenvalue weighted by molar-refractivity contribution is 0.102. The smallest absolute Gasteiger partial charge is 0.255 e. The molecule has 120 valence electrons. The number of halogens is 1. The van der Waals surface area contributed by atoms with E-state index >= 15 is 0 Å². The number of carbonyl (C=O) groups is 1. The topological polar surface area (TPSA) is 66.5 Å². The lowest BCUT2D eigenvalue weighted by Crippen LogP contribution is -2.27. The van der Waals surface area contributed by atoms with Crippen LogP contribution in [0.4, 0.5) is 11.4 Å². The SMILES string of the molecule is CS(=O)(=O)N1CCc2cc(NC(=O)c3ccc(Cl)cc3)ccc21. The first-order valence-corrected chi connectivity index (χ1v) is 9.25. The molecule has 23 heavy (non-hydrogen) atoms. The van der Waals surface area contributed by atoms with Crippen LogP contribution in [-0.2, 0) is 16.4 Å². The van der Waals surface area contributed by atoms with Gasteiger partial charge >= 0.3 is 0 Å². The van der Waals surface area contributed by atoms with Gasteiger partial charge in [0.05, 0.1) is 11.9 Å². The van der Waals surface area contributed by atoms with Gasteiger partial charge in [0.15, 0.2) is 0 Å². The number of carbonyl (C=O) groups excluding carboxylic acids is 1. The molecule has 0 unspecified atom stereocenters. The number of amides is 1. The molecular weight excluding hydrogens is 336 g/mol. The molecular formula is C16H15ClN2O3S. The van der Waals surface area contributed by atoms with Crippen molar-refractivity contribution >= 4 is 38.9 Å². The third-order valence-electron chi connectivity index (χ3n) is 3.70. The lowest BCUT2D eigenvalue weighted by atomic mass is 10.1. The van der Waals surface area contributed by atoms with E-state index in [1.54, 1.807) is 36.4 Å².